The highest BCUT2D eigenvalue weighted by Gasteiger charge is 2.07. The van der Waals surface area contributed by atoms with Gasteiger partial charge in [0.25, 0.3) is 0 Å². The van der Waals surface area contributed by atoms with Crippen molar-refractivity contribution in [2.75, 3.05) is 50.0 Å². The molecule has 7 nitrogen and oxygen atoms in total. The lowest BCUT2D eigenvalue weighted by Crippen LogP contribution is -2.30. The Bertz CT molecular complexity index is 377. The molecule has 1 heterocycles. The second-order valence-corrected chi connectivity index (χ2v) is 4.59. The highest BCUT2D eigenvalue weighted by molar-refractivity contribution is 5.35. The number of hydrogen-bond donors (Lipinski definition) is 2. The van der Waals surface area contributed by atoms with Crippen LogP contribution in [0.2, 0.25) is 0 Å². The van der Waals surface area contributed by atoms with Crippen molar-refractivity contribution in [3.05, 3.63) is 0 Å². The topological polar surface area (TPSA) is 75.2 Å². The molecular weight excluding hydrogens is 268 g/mol. The molecule has 2 N–H and O–H groups in total. The van der Waals surface area contributed by atoms with E-state index in [0.29, 0.717) is 24.5 Å². The van der Waals surface area contributed by atoms with Crippen LogP contribution in [-0.4, -0.2) is 59.2 Å². The molecule has 0 unspecified atom stereocenters. The quantitative estimate of drug-likeness (QED) is 0.645. The standard InChI is InChI=1S/C14H28N6O/c1-5-10-20(7-3)11-9-16-13-17-12(15-6-2)18-14(19-13)21-8-4/h5-11H2,1-4H3,(H2,15,16,17,18,19). The second kappa shape index (κ2) is 10.1. The molecule has 0 amide bonds. The number of nitrogens with one attached hydrogen (secondary N) is 2. The third kappa shape index (κ3) is 6.57. The first-order valence-electron chi connectivity index (χ1n) is 7.82. The minimum absolute atomic E-state index is 0.354. The van der Waals surface area contributed by atoms with E-state index in [1.54, 1.807) is 0 Å². The van der Waals surface area contributed by atoms with Crippen LogP contribution < -0.4 is 15.4 Å². The molecule has 0 saturated heterocycles. The summed E-state index contributed by atoms with van der Waals surface area (Å²) in [6.45, 7) is 13.5. The molecule has 0 aromatic carbocycles. The third-order valence-electron chi connectivity index (χ3n) is 2.92. The molecule has 0 spiro atoms. The molecule has 0 aliphatic heterocycles. The minimum atomic E-state index is 0.354. The number of nitrogens with zero attached hydrogens (tertiary/aromatic N) is 4. The van der Waals surface area contributed by atoms with Crippen LogP contribution in [0, 0.1) is 0 Å². The zero-order chi connectivity index (χ0) is 15.5. The maximum absolute atomic E-state index is 5.37. The Balaban J connectivity index is 2.59. The van der Waals surface area contributed by atoms with Gasteiger partial charge in [0.15, 0.2) is 0 Å². The molecule has 0 fully saturated rings. The smallest absolute Gasteiger partial charge is 0.323 e. The van der Waals surface area contributed by atoms with Gasteiger partial charge in [-0.05, 0) is 33.4 Å². The van der Waals surface area contributed by atoms with Crippen molar-refractivity contribution in [3.8, 4) is 6.01 Å². The molecule has 0 aliphatic rings. The van der Waals surface area contributed by atoms with E-state index in [1.807, 2.05) is 13.8 Å². The zero-order valence-corrected chi connectivity index (χ0v) is 13.6. The summed E-state index contributed by atoms with van der Waals surface area (Å²) in [5.74, 6) is 1.09. The van der Waals surface area contributed by atoms with Gasteiger partial charge < -0.3 is 20.3 Å². The fourth-order valence-corrected chi connectivity index (χ4v) is 1.94. The van der Waals surface area contributed by atoms with Crippen molar-refractivity contribution < 1.29 is 4.74 Å². The molecule has 21 heavy (non-hydrogen) atoms. The van der Waals surface area contributed by atoms with Crippen LogP contribution in [0.1, 0.15) is 34.1 Å². The summed E-state index contributed by atoms with van der Waals surface area (Å²) in [6.07, 6.45) is 1.17. The normalized spacial score (nSPS) is 10.7. The molecule has 0 aliphatic carbocycles. The third-order valence-corrected chi connectivity index (χ3v) is 2.92. The molecular formula is C14H28N6O. The first-order chi connectivity index (χ1) is 10.2. The van der Waals surface area contributed by atoms with Crippen molar-refractivity contribution >= 4 is 11.9 Å². The van der Waals surface area contributed by atoms with Crippen LogP contribution in [0.5, 0.6) is 6.01 Å². The monoisotopic (exact) mass is 296 g/mol. The van der Waals surface area contributed by atoms with Crippen LogP contribution >= 0.6 is 0 Å². The van der Waals surface area contributed by atoms with E-state index in [2.05, 4.69) is 44.3 Å². The van der Waals surface area contributed by atoms with Gasteiger partial charge >= 0.3 is 6.01 Å². The number of hydrogen-bond acceptors (Lipinski definition) is 7. The molecule has 120 valence electrons. The summed E-state index contributed by atoms with van der Waals surface area (Å²) in [5.41, 5.74) is 0. The first-order valence-corrected chi connectivity index (χ1v) is 7.82. The summed E-state index contributed by atoms with van der Waals surface area (Å²) in [5, 5.41) is 6.33. The van der Waals surface area contributed by atoms with Crippen molar-refractivity contribution in [1.29, 1.82) is 0 Å². The molecule has 0 bridgehead atoms. The Morgan fingerprint density at radius 1 is 0.952 bits per heavy atom. The van der Waals surface area contributed by atoms with Gasteiger partial charge in [-0.2, -0.15) is 15.0 Å². The largest absolute Gasteiger partial charge is 0.464 e. The van der Waals surface area contributed by atoms with Gasteiger partial charge in [-0.25, -0.2) is 0 Å². The van der Waals surface area contributed by atoms with Crippen molar-refractivity contribution in [2.45, 2.75) is 34.1 Å². The van der Waals surface area contributed by atoms with Crippen LogP contribution in [0.3, 0.4) is 0 Å². The number of rotatable bonds is 11. The molecule has 1 aromatic rings. The van der Waals surface area contributed by atoms with Crippen molar-refractivity contribution in [2.24, 2.45) is 0 Å². The average molecular weight is 296 g/mol. The highest BCUT2D eigenvalue weighted by Crippen LogP contribution is 2.10. The number of ether oxygens (including phenoxy) is 1. The van der Waals surface area contributed by atoms with Gasteiger partial charge in [0.1, 0.15) is 0 Å². The van der Waals surface area contributed by atoms with Gasteiger partial charge in [0, 0.05) is 19.6 Å². The predicted octanol–water partition coefficient (Wildman–Crippen LogP) is 1.85. The predicted molar refractivity (Wildman–Crippen MR) is 86.1 cm³/mol. The number of aromatic nitrogens is 3. The van der Waals surface area contributed by atoms with Gasteiger partial charge in [-0.1, -0.05) is 13.8 Å². The number of likely N-dealkylation sites (N-methyl/N-ethyl adjacent to an activating group) is 1. The van der Waals surface area contributed by atoms with Crippen LogP contribution in [-0.2, 0) is 0 Å². The molecule has 0 atom stereocenters. The van der Waals surface area contributed by atoms with E-state index in [1.165, 1.54) is 6.42 Å². The first kappa shape index (κ1) is 17.4. The summed E-state index contributed by atoms with van der Waals surface area (Å²) < 4.78 is 5.37. The van der Waals surface area contributed by atoms with Gasteiger partial charge in [-0.15, -0.1) is 0 Å². The summed E-state index contributed by atoms with van der Waals surface area (Å²) in [7, 11) is 0. The van der Waals surface area contributed by atoms with Crippen molar-refractivity contribution in [3.63, 3.8) is 0 Å². The van der Waals surface area contributed by atoms with E-state index >= 15 is 0 Å². The summed E-state index contributed by atoms with van der Waals surface area (Å²) in [6, 6.07) is 0.354. The second-order valence-electron chi connectivity index (χ2n) is 4.59. The minimum Gasteiger partial charge on any atom is -0.464 e. The lowest BCUT2D eigenvalue weighted by Gasteiger charge is -2.19. The van der Waals surface area contributed by atoms with E-state index in [-0.39, 0.29) is 0 Å². The van der Waals surface area contributed by atoms with Crippen LogP contribution in [0.15, 0.2) is 0 Å². The Morgan fingerprint density at radius 2 is 1.67 bits per heavy atom. The molecule has 0 saturated carbocycles. The zero-order valence-electron chi connectivity index (χ0n) is 13.6. The molecule has 0 radical (unpaired) electrons. The maximum atomic E-state index is 5.37. The summed E-state index contributed by atoms with van der Waals surface area (Å²) in [4.78, 5) is 15.2. The fraction of sp³-hybridized carbons (Fsp3) is 0.786. The molecule has 7 heteroatoms. The molecule has 1 aromatic heterocycles. The van der Waals surface area contributed by atoms with Gasteiger partial charge in [0.05, 0.1) is 6.61 Å². The Kier molecular flexibility index (Phi) is 8.42. The van der Waals surface area contributed by atoms with Crippen LogP contribution in [0.25, 0.3) is 0 Å². The SMILES string of the molecule is CCCN(CC)CCNc1nc(NCC)nc(OCC)n1. The van der Waals surface area contributed by atoms with E-state index in [0.717, 1.165) is 32.7 Å². The van der Waals surface area contributed by atoms with Crippen LogP contribution in [0.4, 0.5) is 11.9 Å². The van der Waals surface area contributed by atoms with E-state index in [4.69, 9.17) is 4.74 Å². The van der Waals surface area contributed by atoms with E-state index < -0.39 is 0 Å². The number of anilines is 2. The maximum Gasteiger partial charge on any atom is 0.323 e. The van der Waals surface area contributed by atoms with E-state index in [9.17, 15) is 0 Å². The van der Waals surface area contributed by atoms with Crippen molar-refractivity contribution in [1.82, 2.24) is 19.9 Å². The molecule has 1 rings (SSSR count). The lowest BCUT2D eigenvalue weighted by atomic mass is 10.4. The fourth-order valence-electron chi connectivity index (χ4n) is 1.94. The van der Waals surface area contributed by atoms with Gasteiger partial charge in [0.2, 0.25) is 11.9 Å². The summed E-state index contributed by atoms with van der Waals surface area (Å²) >= 11 is 0. The Labute approximate surface area is 127 Å². The average Bonchev–Trinajstić information content (AvgIpc) is 2.47. The Morgan fingerprint density at radius 3 is 2.24 bits per heavy atom. The highest BCUT2D eigenvalue weighted by atomic mass is 16.5. The van der Waals surface area contributed by atoms with Gasteiger partial charge in [-0.3, -0.25) is 0 Å². The Hall–Kier alpha value is -1.63. The lowest BCUT2D eigenvalue weighted by molar-refractivity contribution is 0.299.